The van der Waals surface area contributed by atoms with Crippen molar-refractivity contribution in [1.29, 1.82) is 21.0 Å². The second-order valence-electron chi connectivity index (χ2n) is 11.8. The fourth-order valence-electron chi connectivity index (χ4n) is 6.94. The first-order valence-electron chi connectivity index (χ1n) is 15.3. The van der Waals surface area contributed by atoms with E-state index < -0.39 is 11.7 Å². The van der Waals surface area contributed by atoms with Crippen LogP contribution in [-0.2, 0) is 6.18 Å². The molecule has 0 aliphatic rings. The minimum Gasteiger partial charge on any atom is -0.308 e. The molecule has 50 heavy (non-hydrogen) atoms. The van der Waals surface area contributed by atoms with Crippen LogP contribution in [0, 0.1) is 45.3 Å². The number of rotatable bonds is 3. The van der Waals surface area contributed by atoms with E-state index in [1.54, 1.807) is 54.6 Å². The van der Waals surface area contributed by atoms with Crippen LogP contribution in [0.4, 0.5) is 13.2 Å². The Balaban J connectivity index is 1.58. The van der Waals surface area contributed by atoms with E-state index in [9.17, 15) is 34.2 Å². The second kappa shape index (κ2) is 11.1. The van der Waals surface area contributed by atoms with E-state index >= 15 is 0 Å². The Kier molecular flexibility index (Phi) is 6.69. The van der Waals surface area contributed by atoms with Crippen molar-refractivity contribution in [1.82, 2.24) is 9.13 Å². The van der Waals surface area contributed by atoms with Gasteiger partial charge in [-0.25, -0.2) is 0 Å². The Morgan fingerprint density at radius 1 is 0.460 bits per heavy atom. The van der Waals surface area contributed by atoms with Crippen molar-refractivity contribution >= 4 is 43.6 Å². The summed E-state index contributed by atoms with van der Waals surface area (Å²) in [5, 5.41) is 42.9. The van der Waals surface area contributed by atoms with Crippen LogP contribution in [0.1, 0.15) is 27.8 Å². The number of aromatic nitrogens is 2. The van der Waals surface area contributed by atoms with E-state index in [0.29, 0.717) is 44.6 Å². The van der Waals surface area contributed by atoms with Crippen LogP contribution in [-0.4, -0.2) is 9.13 Å². The van der Waals surface area contributed by atoms with Gasteiger partial charge in [0.25, 0.3) is 0 Å². The average Bonchev–Trinajstić information content (AvgIpc) is 3.65. The molecular weight excluding hydrogens is 633 g/mol. The van der Waals surface area contributed by atoms with Crippen LogP contribution in [0.5, 0.6) is 0 Å². The fourth-order valence-corrected chi connectivity index (χ4v) is 6.94. The number of nitrogens with zero attached hydrogens (tertiary/aromatic N) is 6. The zero-order valence-corrected chi connectivity index (χ0v) is 25.8. The van der Waals surface area contributed by atoms with Crippen molar-refractivity contribution in [3.63, 3.8) is 0 Å². The summed E-state index contributed by atoms with van der Waals surface area (Å²) in [6, 6.07) is 40.4. The van der Waals surface area contributed by atoms with Gasteiger partial charge in [-0.1, -0.05) is 42.5 Å². The Labute approximate surface area is 282 Å². The molecule has 234 valence electrons. The molecule has 0 saturated heterocycles. The molecule has 0 aliphatic carbocycles. The topological polar surface area (TPSA) is 105 Å². The summed E-state index contributed by atoms with van der Waals surface area (Å²) in [5.41, 5.74) is 3.28. The van der Waals surface area contributed by atoms with Gasteiger partial charge in [0, 0.05) is 21.5 Å². The van der Waals surface area contributed by atoms with Gasteiger partial charge in [-0.15, -0.1) is 0 Å². The molecule has 0 bridgehead atoms. The van der Waals surface area contributed by atoms with E-state index in [-0.39, 0.29) is 22.3 Å². The van der Waals surface area contributed by atoms with Gasteiger partial charge >= 0.3 is 6.18 Å². The smallest absolute Gasteiger partial charge is 0.308 e. The second-order valence-corrected chi connectivity index (χ2v) is 11.8. The average molecular weight is 653 g/mol. The Morgan fingerprint density at radius 2 is 0.900 bits per heavy atom. The van der Waals surface area contributed by atoms with E-state index in [1.165, 1.54) is 12.1 Å². The highest BCUT2D eigenvalue weighted by molar-refractivity contribution is 6.11. The molecule has 0 aliphatic heterocycles. The quantitative estimate of drug-likeness (QED) is 0.189. The van der Waals surface area contributed by atoms with Gasteiger partial charge < -0.3 is 9.13 Å². The lowest BCUT2D eigenvalue weighted by Crippen LogP contribution is -2.09. The molecule has 0 spiro atoms. The van der Waals surface area contributed by atoms with Crippen LogP contribution in [0.15, 0.2) is 115 Å². The molecule has 0 fully saturated rings. The van der Waals surface area contributed by atoms with Crippen molar-refractivity contribution in [2.24, 2.45) is 0 Å². The van der Waals surface area contributed by atoms with Gasteiger partial charge in [0.05, 0.1) is 73.9 Å². The molecule has 9 heteroatoms. The lowest BCUT2D eigenvalue weighted by Gasteiger charge is -2.20. The normalized spacial score (nSPS) is 11.4. The standard InChI is InChI=1S/C41H19F3N6/c42-41(43,44)34-17-26(22-47)9-12-28(34)27-18-39(49-35-7-3-1-5-29(35)31-15-24(20-45)10-13-37(31)49)33(23-48)40(19-27)50-36-8-4-2-6-30(36)32-16-25(21-46)11-14-38(32)50/h1-19H. The summed E-state index contributed by atoms with van der Waals surface area (Å²) >= 11 is 0. The van der Waals surface area contributed by atoms with Crippen LogP contribution < -0.4 is 0 Å². The van der Waals surface area contributed by atoms with Gasteiger partial charge in [0.15, 0.2) is 0 Å². The number of nitriles is 4. The monoisotopic (exact) mass is 652 g/mol. The lowest BCUT2D eigenvalue weighted by molar-refractivity contribution is -0.137. The molecule has 0 N–H and O–H groups in total. The summed E-state index contributed by atoms with van der Waals surface area (Å²) in [6.07, 6.45) is -4.79. The molecule has 6 nitrogen and oxygen atoms in total. The van der Waals surface area contributed by atoms with Crippen LogP contribution in [0.25, 0.3) is 66.1 Å². The molecule has 8 rings (SSSR count). The van der Waals surface area contributed by atoms with E-state index in [1.807, 2.05) is 57.7 Å². The van der Waals surface area contributed by atoms with Crippen molar-refractivity contribution in [2.45, 2.75) is 6.18 Å². The van der Waals surface area contributed by atoms with E-state index in [2.05, 4.69) is 18.2 Å². The third-order valence-corrected chi connectivity index (χ3v) is 9.06. The predicted octanol–water partition coefficient (Wildman–Crippen LogP) is 10.1. The summed E-state index contributed by atoms with van der Waals surface area (Å²) < 4.78 is 47.8. The maximum absolute atomic E-state index is 14.7. The highest BCUT2D eigenvalue weighted by atomic mass is 19.4. The Hall–Kier alpha value is -7.33. The number of benzene rings is 6. The number of alkyl halides is 3. The molecule has 2 aromatic heterocycles. The number of para-hydroxylation sites is 2. The Morgan fingerprint density at radius 3 is 1.36 bits per heavy atom. The van der Waals surface area contributed by atoms with Gasteiger partial charge in [0.1, 0.15) is 11.6 Å². The maximum Gasteiger partial charge on any atom is 0.417 e. The Bertz CT molecular complexity index is 2760. The highest BCUT2D eigenvalue weighted by Gasteiger charge is 2.35. The third kappa shape index (κ3) is 4.47. The number of hydrogen-bond acceptors (Lipinski definition) is 4. The molecule has 8 aromatic rings. The minimum atomic E-state index is -4.79. The predicted molar refractivity (Wildman–Crippen MR) is 184 cm³/mol. The highest BCUT2D eigenvalue weighted by Crippen LogP contribution is 2.43. The lowest BCUT2D eigenvalue weighted by atomic mass is 9.94. The number of hydrogen-bond donors (Lipinski definition) is 0. The van der Waals surface area contributed by atoms with Gasteiger partial charge in [-0.2, -0.15) is 34.2 Å². The third-order valence-electron chi connectivity index (χ3n) is 9.06. The SMILES string of the molecule is N#Cc1ccc(-c2cc(-n3c4ccccc4c4cc(C#N)ccc43)c(C#N)c(-n3c4ccccc4c4cc(C#N)ccc43)c2)c(C(F)(F)F)c1. The summed E-state index contributed by atoms with van der Waals surface area (Å²) in [6.45, 7) is 0. The first-order valence-corrected chi connectivity index (χ1v) is 15.3. The zero-order chi connectivity index (χ0) is 34.7. The van der Waals surface area contributed by atoms with E-state index in [4.69, 9.17) is 0 Å². The zero-order valence-electron chi connectivity index (χ0n) is 25.8. The first-order chi connectivity index (χ1) is 24.2. The van der Waals surface area contributed by atoms with Crippen molar-refractivity contribution in [3.05, 3.63) is 143 Å². The molecule has 0 atom stereocenters. The van der Waals surface area contributed by atoms with Gasteiger partial charge in [0.2, 0.25) is 0 Å². The van der Waals surface area contributed by atoms with Crippen LogP contribution in [0.3, 0.4) is 0 Å². The molecule has 0 radical (unpaired) electrons. The maximum atomic E-state index is 14.7. The van der Waals surface area contributed by atoms with Crippen LogP contribution in [0.2, 0.25) is 0 Å². The first kappa shape index (κ1) is 30.0. The van der Waals surface area contributed by atoms with Gasteiger partial charge in [-0.05, 0) is 83.9 Å². The largest absolute Gasteiger partial charge is 0.417 e. The van der Waals surface area contributed by atoms with Crippen molar-refractivity contribution in [2.75, 3.05) is 0 Å². The molecule has 2 heterocycles. The summed E-state index contributed by atoms with van der Waals surface area (Å²) in [7, 11) is 0. The van der Waals surface area contributed by atoms with Crippen molar-refractivity contribution < 1.29 is 13.2 Å². The summed E-state index contributed by atoms with van der Waals surface area (Å²) in [5.74, 6) is 0. The molecular formula is C41H19F3N6. The molecule has 6 aromatic carbocycles. The van der Waals surface area contributed by atoms with E-state index in [0.717, 1.165) is 27.6 Å². The molecule has 0 unspecified atom stereocenters. The fraction of sp³-hybridized carbons (Fsp3) is 0.0244. The van der Waals surface area contributed by atoms with Gasteiger partial charge in [-0.3, -0.25) is 0 Å². The number of fused-ring (bicyclic) bond motifs is 6. The number of halogens is 3. The molecule has 0 saturated carbocycles. The summed E-state index contributed by atoms with van der Waals surface area (Å²) in [4.78, 5) is 0. The van der Waals surface area contributed by atoms with Crippen LogP contribution >= 0.6 is 0 Å². The van der Waals surface area contributed by atoms with Crippen molar-refractivity contribution in [3.8, 4) is 46.8 Å². The minimum absolute atomic E-state index is 0.137. The molecule has 0 amide bonds.